The number of hydrogen-bond donors (Lipinski definition) is 0. The summed E-state index contributed by atoms with van der Waals surface area (Å²) < 4.78 is 11.6. The van der Waals surface area contributed by atoms with Crippen molar-refractivity contribution in [3.05, 3.63) is 0 Å². The summed E-state index contributed by atoms with van der Waals surface area (Å²) in [5.41, 5.74) is 0.421. The van der Waals surface area contributed by atoms with Crippen molar-refractivity contribution in [1.29, 1.82) is 0 Å². The van der Waals surface area contributed by atoms with Crippen LogP contribution in [0.25, 0.3) is 0 Å². The van der Waals surface area contributed by atoms with Gasteiger partial charge in [-0.1, -0.05) is 34.6 Å². The maximum absolute atomic E-state index is 6.16. The Balaban J connectivity index is 4.13. The molecular weight excluding hydrogens is 236 g/mol. The molecule has 0 bridgehead atoms. The highest BCUT2D eigenvalue weighted by molar-refractivity contribution is 4.87. The summed E-state index contributed by atoms with van der Waals surface area (Å²) in [6.07, 6.45) is 3.38. The van der Waals surface area contributed by atoms with Crippen LogP contribution in [0.15, 0.2) is 0 Å². The van der Waals surface area contributed by atoms with Gasteiger partial charge < -0.3 is 9.47 Å². The quantitative estimate of drug-likeness (QED) is 0.546. The Bertz CT molecular complexity index is 236. The molecular formula is C17H36O2. The SMILES string of the molecule is CCOCCC(C)(C)C(C)(C)OCCCC(C)(C)C. The van der Waals surface area contributed by atoms with E-state index in [0.717, 1.165) is 32.7 Å². The second kappa shape index (κ2) is 7.64. The zero-order chi connectivity index (χ0) is 15.2. The van der Waals surface area contributed by atoms with E-state index < -0.39 is 0 Å². The first-order valence-corrected chi connectivity index (χ1v) is 7.73. The summed E-state index contributed by atoms with van der Waals surface area (Å²) in [5.74, 6) is 0. The predicted octanol–water partition coefficient (Wildman–Crippen LogP) is 5.06. The lowest BCUT2D eigenvalue weighted by Gasteiger charge is -2.41. The van der Waals surface area contributed by atoms with Gasteiger partial charge in [0.1, 0.15) is 0 Å². The average Bonchev–Trinajstić information content (AvgIpc) is 2.23. The third kappa shape index (κ3) is 7.94. The molecule has 0 fully saturated rings. The molecule has 2 nitrogen and oxygen atoms in total. The highest BCUT2D eigenvalue weighted by atomic mass is 16.5. The molecule has 19 heavy (non-hydrogen) atoms. The van der Waals surface area contributed by atoms with E-state index >= 15 is 0 Å². The van der Waals surface area contributed by atoms with Gasteiger partial charge in [0.2, 0.25) is 0 Å². The van der Waals surface area contributed by atoms with Crippen molar-refractivity contribution in [3.63, 3.8) is 0 Å². The first-order valence-electron chi connectivity index (χ1n) is 7.73. The number of ether oxygens (including phenoxy) is 2. The van der Waals surface area contributed by atoms with Crippen molar-refractivity contribution in [2.75, 3.05) is 19.8 Å². The van der Waals surface area contributed by atoms with Gasteiger partial charge in [-0.25, -0.2) is 0 Å². The van der Waals surface area contributed by atoms with Crippen LogP contribution >= 0.6 is 0 Å². The van der Waals surface area contributed by atoms with Crippen molar-refractivity contribution >= 4 is 0 Å². The Morgan fingerprint density at radius 2 is 1.37 bits per heavy atom. The lowest BCUT2D eigenvalue weighted by Crippen LogP contribution is -2.42. The third-order valence-corrected chi connectivity index (χ3v) is 4.24. The van der Waals surface area contributed by atoms with Gasteiger partial charge in [-0.2, -0.15) is 0 Å². The van der Waals surface area contributed by atoms with E-state index in [1.165, 1.54) is 6.42 Å². The molecule has 0 aliphatic carbocycles. The van der Waals surface area contributed by atoms with Crippen LogP contribution in [0.1, 0.15) is 74.7 Å². The summed E-state index contributed by atoms with van der Waals surface area (Å²) >= 11 is 0. The molecule has 2 heteroatoms. The van der Waals surface area contributed by atoms with Crippen molar-refractivity contribution in [1.82, 2.24) is 0 Å². The van der Waals surface area contributed by atoms with Crippen LogP contribution in [0.4, 0.5) is 0 Å². The largest absolute Gasteiger partial charge is 0.382 e. The van der Waals surface area contributed by atoms with E-state index in [-0.39, 0.29) is 11.0 Å². The van der Waals surface area contributed by atoms with E-state index in [1.807, 2.05) is 6.92 Å². The topological polar surface area (TPSA) is 18.5 Å². The molecule has 0 N–H and O–H groups in total. The van der Waals surface area contributed by atoms with Crippen LogP contribution < -0.4 is 0 Å². The second-order valence-electron chi connectivity index (χ2n) is 7.85. The smallest absolute Gasteiger partial charge is 0.0678 e. The summed E-state index contributed by atoms with van der Waals surface area (Å²) in [7, 11) is 0. The van der Waals surface area contributed by atoms with Crippen LogP contribution in [-0.4, -0.2) is 25.4 Å². The highest BCUT2D eigenvalue weighted by Crippen LogP contribution is 2.37. The van der Waals surface area contributed by atoms with Gasteiger partial charge in [0.05, 0.1) is 5.60 Å². The predicted molar refractivity (Wildman–Crippen MR) is 83.6 cm³/mol. The minimum atomic E-state index is -0.109. The van der Waals surface area contributed by atoms with Crippen LogP contribution in [0.5, 0.6) is 0 Å². The molecule has 0 spiro atoms. The van der Waals surface area contributed by atoms with Gasteiger partial charge in [-0.05, 0) is 50.9 Å². The van der Waals surface area contributed by atoms with Crippen molar-refractivity contribution < 1.29 is 9.47 Å². The fourth-order valence-electron chi connectivity index (χ4n) is 1.90. The molecule has 0 radical (unpaired) electrons. The summed E-state index contributed by atoms with van der Waals surface area (Å²) in [4.78, 5) is 0. The molecule has 116 valence electrons. The van der Waals surface area contributed by atoms with E-state index in [1.54, 1.807) is 0 Å². The third-order valence-electron chi connectivity index (χ3n) is 4.24. The van der Waals surface area contributed by atoms with Crippen LogP contribution in [0.2, 0.25) is 0 Å². The van der Waals surface area contributed by atoms with Crippen LogP contribution in [-0.2, 0) is 9.47 Å². The number of rotatable bonds is 9. The monoisotopic (exact) mass is 272 g/mol. The van der Waals surface area contributed by atoms with E-state index in [0.29, 0.717) is 5.41 Å². The molecule has 0 amide bonds. The summed E-state index contributed by atoms with van der Waals surface area (Å²) in [6.45, 7) is 20.3. The molecule has 0 aromatic carbocycles. The molecule has 0 heterocycles. The van der Waals surface area contributed by atoms with Crippen molar-refractivity contribution in [3.8, 4) is 0 Å². The molecule has 0 aliphatic heterocycles. The molecule has 0 aliphatic rings. The van der Waals surface area contributed by atoms with Gasteiger partial charge in [0.25, 0.3) is 0 Å². The average molecular weight is 272 g/mol. The molecule has 0 rings (SSSR count). The summed E-state index contributed by atoms with van der Waals surface area (Å²) in [5, 5.41) is 0. The summed E-state index contributed by atoms with van der Waals surface area (Å²) in [6, 6.07) is 0. The van der Waals surface area contributed by atoms with Crippen LogP contribution in [0, 0.1) is 10.8 Å². The highest BCUT2D eigenvalue weighted by Gasteiger charge is 2.37. The Labute approximate surface area is 121 Å². The Kier molecular flexibility index (Phi) is 7.60. The van der Waals surface area contributed by atoms with Crippen molar-refractivity contribution in [2.24, 2.45) is 10.8 Å². The molecule has 0 aromatic heterocycles. The van der Waals surface area contributed by atoms with Crippen molar-refractivity contribution in [2.45, 2.75) is 80.3 Å². The minimum absolute atomic E-state index is 0.109. The molecule has 0 unspecified atom stereocenters. The zero-order valence-corrected chi connectivity index (χ0v) is 14.6. The maximum Gasteiger partial charge on any atom is 0.0678 e. The maximum atomic E-state index is 6.16. The van der Waals surface area contributed by atoms with Gasteiger partial charge in [0.15, 0.2) is 0 Å². The normalized spacial score (nSPS) is 13.9. The lowest BCUT2D eigenvalue weighted by molar-refractivity contribution is -0.109. The number of hydrogen-bond acceptors (Lipinski definition) is 2. The fraction of sp³-hybridized carbons (Fsp3) is 1.00. The lowest BCUT2D eigenvalue weighted by atomic mass is 9.74. The van der Waals surface area contributed by atoms with Gasteiger partial charge in [-0.15, -0.1) is 0 Å². The molecule has 0 saturated heterocycles. The van der Waals surface area contributed by atoms with Crippen LogP contribution in [0.3, 0.4) is 0 Å². The standard InChI is InChI=1S/C17H36O2/c1-9-18-14-12-16(5,6)17(7,8)19-13-10-11-15(2,3)4/h9-14H2,1-8H3. The molecule has 0 aromatic rings. The Hall–Kier alpha value is -0.0800. The Morgan fingerprint density at radius 3 is 1.84 bits per heavy atom. The zero-order valence-electron chi connectivity index (χ0n) is 14.6. The first kappa shape index (κ1) is 18.9. The molecule has 0 saturated carbocycles. The van der Waals surface area contributed by atoms with Gasteiger partial charge >= 0.3 is 0 Å². The van der Waals surface area contributed by atoms with E-state index in [4.69, 9.17) is 9.47 Å². The minimum Gasteiger partial charge on any atom is -0.382 e. The van der Waals surface area contributed by atoms with Gasteiger partial charge in [0, 0.05) is 19.8 Å². The van der Waals surface area contributed by atoms with E-state index in [2.05, 4.69) is 48.5 Å². The first-order chi connectivity index (χ1) is 8.52. The van der Waals surface area contributed by atoms with E-state index in [9.17, 15) is 0 Å². The molecule has 0 atom stereocenters. The second-order valence-corrected chi connectivity index (χ2v) is 7.85. The Morgan fingerprint density at radius 1 is 0.789 bits per heavy atom. The fourth-order valence-corrected chi connectivity index (χ4v) is 1.90. The van der Waals surface area contributed by atoms with Gasteiger partial charge in [-0.3, -0.25) is 0 Å².